The van der Waals surface area contributed by atoms with Gasteiger partial charge in [-0.15, -0.1) is 0 Å². The third-order valence-corrected chi connectivity index (χ3v) is 3.23. The second-order valence-electron chi connectivity index (χ2n) is 5.74. The predicted molar refractivity (Wildman–Crippen MR) is 66.2 cm³/mol. The summed E-state index contributed by atoms with van der Waals surface area (Å²) in [5, 5.41) is 18.5. The minimum absolute atomic E-state index is 0.0296. The van der Waals surface area contributed by atoms with Crippen LogP contribution < -0.4 is 0 Å². The molecule has 1 saturated heterocycles. The van der Waals surface area contributed by atoms with Gasteiger partial charge in [-0.1, -0.05) is 6.92 Å². The van der Waals surface area contributed by atoms with Crippen molar-refractivity contribution in [1.29, 1.82) is 0 Å². The van der Waals surface area contributed by atoms with Crippen LogP contribution in [0, 0.1) is 11.8 Å². The zero-order valence-electron chi connectivity index (χ0n) is 11.4. The van der Waals surface area contributed by atoms with Crippen LogP contribution in [0.25, 0.3) is 0 Å². The van der Waals surface area contributed by atoms with Gasteiger partial charge in [0.2, 0.25) is 0 Å². The van der Waals surface area contributed by atoms with E-state index in [9.17, 15) is 14.7 Å². The number of nitrogens with zero attached hydrogens (tertiary/aromatic N) is 2. The van der Waals surface area contributed by atoms with E-state index in [1.54, 1.807) is 32.7 Å². The first kappa shape index (κ1) is 14.8. The molecule has 2 amide bonds. The quantitative estimate of drug-likeness (QED) is 0.767. The highest BCUT2D eigenvalue weighted by atomic mass is 16.4. The Labute approximate surface area is 107 Å². The van der Waals surface area contributed by atoms with Crippen LogP contribution in [0.5, 0.6) is 0 Å². The second kappa shape index (κ2) is 5.14. The van der Waals surface area contributed by atoms with E-state index in [1.165, 1.54) is 4.90 Å². The van der Waals surface area contributed by atoms with Crippen LogP contribution >= 0.6 is 0 Å². The highest BCUT2D eigenvalue weighted by molar-refractivity contribution is 5.76. The number of aliphatic carboxylic acids is 1. The molecule has 1 heterocycles. The molecule has 104 valence electrons. The first-order valence-corrected chi connectivity index (χ1v) is 6.07. The molecule has 0 aromatic rings. The van der Waals surface area contributed by atoms with Gasteiger partial charge >= 0.3 is 12.0 Å². The number of aliphatic hydroxyl groups is 1. The van der Waals surface area contributed by atoms with Crippen molar-refractivity contribution in [2.75, 3.05) is 26.7 Å². The van der Waals surface area contributed by atoms with Gasteiger partial charge in [0.1, 0.15) is 0 Å². The molecule has 1 unspecified atom stereocenters. The number of hydrogen-bond acceptors (Lipinski definition) is 3. The Balaban J connectivity index is 2.41. The molecule has 1 fully saturated rings. The molecule has 1 rings (SSSR count). The zero-order valence-corrected chi connectivity index (χ0v) is 11.4. The predicted octanol–water partition coefficient (Wildman–Crippen LogP) is 0.462. The van der Waals surface area contributed by atoms with Gasteiger partial charge < -0.3 is 20.0 Å². The monoisotopic (exact) mass is 258 g/mol. The van der Waals surface area contributed by atoms with E-state index in [-0.39, 0.29) is 18.5 Å². The number of rotatable bonds is 4. The summed E-state index contributed by atoms with van der Waals surface area (Å²) in [6, 6.07) is -0.161. The van der Waals surface area contributed by atoms with E-state index in [1.807, 2.05) is 0 Å². The van der Waals surface area contributed by atoms with Crippen LogP contribution in [0.3, 0.4) is 0 Å². The highest BCUT2D eigenvalue weighted by Gasteiger charge is 2.38. The molecule has 6 nitrogen and oxygen atoms in total. The Kier molecular flexibility index (Phi) is 4.21. The fourth-order valence-corrected chi connectivity index (χ4v) is 2.08. The van der Waals surface area contributed by atoms with Crippen LogP contribution in [0.15, 0.2) is 0 Å². The van der Waals surface area contributed by atoms with Gasteiger partial charge in [-0.25, -0.2) is 4.79 Å². The lowest BCUT2D eigenvalue weighted by atomic mass is 9.87. The Morgan fingerprint density at radius 3 is 2.33 bits per heavy atom. The van der Waals surface area contributed by atoms with Crippen molar-refractivity contribution < 1.29 is 19.8 Å². The molecule has 0 saturated carbocycles. The average molecular weight is 258 g/mol. The fourth-order valence-electron chi connectivity index (χ4n) is 2.08. The SMILES string of the molecule is CC(C(=O)O)C1CN(C(=O)N(C)CC(C)(C)O)C1. The van der Waals surface area contributed by atoms with Crippen LogP contribution in [-0.4, -0.2) is 64.3 Å². The molecule has 1 aliphatic heterocycles. The lowest BCUT2D eigenvalue weighted by Crippen LogP contribution is -2.57. The van der Waals surface area contributed by atoms with Gasteiger partial charge in [-0.3, -0.25) is 4.79 Å². The lowest BCUT2D eigenvalue weighted by Gasteiger charge is -2.43. The van der Waals surface area contributed by atoms with Gasteiger partial charge in [0.25, 0.3) is 0 Å². The van der Waals surface area contributed by atoms with Crippen molar-refractivity contribution >= 4 is 12.0 Å². The van der Waals surface area contributed by atoms with Crippen LogP contribution in [0.1, 0.15) is 20.8 Å². The molecule has 0 aromatic carbocycles. The summed E-state index contributed by atoms with van der Waals surface area (Å²) < 4.78 is 0. The number of carboxylic acid groups (broad SMARTS) is 1. The number of carbonyl (C=O) groups is 2. The van der Waals surface area contributed by atoms with E-state index >= 15 is 0 Å². The van der Waals surface area contributed by atoms with Gasteiger partial charge in [0, 0.05) is 26.1 Å². The Morgan fingerprint density at radius 2 is 1.94 bits per heavy atom. The van der Waals surface area contributed by atoms with Crippen molar-refractivity contribution in [1.82, 2.24) is 9.80 Å². The van der Waals surface area contributed by atoms with Crippen molar-refractivity contribution in [2.45, 2.75) is 26.4 Å². The minimum atomic E-state index is -0.928. The minimum Gasteiger partial charge on any atom is -0.481 e. The summed E-state index contributed by atoms with van der Waals surface area (Å²) in [6.45, 7) is 6.15. The number of carboxylic acids is 1. The maximum atomic E-state index is 11.9. The lowest BCUT2D eigenvalue weighted by molar-refractivity contribution is -0.144. The molecule has 0 bridgehead atoms. The van der Waals surface area contributed by atoms with Crippen LogP contribution in [-0.2, 0) is 4.79 Å². The number of likely N-dealkylation sites (tertiary alicyclic amines) is 1. The summed E-state index contributed by atoms with van der Waals surface area (Å²) in [5.41, 5.74) is -0.928. The molecule has 0 spiro atoms. The zero-order chi connectivity index (χ0) is 14.1. The second-order valence-corrected chi connectivity index (χ2v) is 5.74. The van der Waals surface area contributed by atoms with Gasteiger partial charge in [0.05, 0.1) is 18.1 Å². The molecular weight excluding hydrogens is 236 g/mol. The summed E-state index contributed by atoms with van der Waals surface area (Å²) in [5.74, 6) is -1.22. The number of urea groups is 1. The van der Waals surface area contributed by atoms with Crippen molar-refractivity contribution in [3.8, 4) is 0 Å². The molecule has 0 radical (unpaired) electrons. The first-order valence-electron chi connectivity index (χ1n) is 6.07. The number of hydrogen-bond donors (Lipinski definition) is 2. The molecule has 6 heteroatoms. The van der Waals surface area contributed by atoms with Gasteiger partial charge in [0.15, 0.2) is 0 Å². The van der Waals surface area contributed by atoms with E-state index in [2.05, 4.69) is 0 Å². The van der Waals surface area contributed by atoms with Crippen LogP contribution in [0.4, 0.5) is 4.79 Å². The molecule has 1 aliphatic rings. The molecule has 18 heavy (non-hydrogen) atoms. The number of carbonyl (C=O) groups excluding carboxylic acids is 1. The van der Waals surface area contributed by atoms with E-state index in [4.69, 9.17) is 5.11 Å². The van der Waals surface area contributed by atoms with Crippen molar-refractivity contribution in [2.24, 2.45) is 11.8 Å². The Bertz CT molecular complexity index is 331. The summed E-state index contributed by atoms with van der Waals surface area (Å²) in [4.78, 5) is 25.8. The van der Waals surface area contributed by atoms with E-state index < -0.39 is 17.5 Å². The van der Waals surface area contributed by atoms with Gasteiger partial charge in [-0.05, 0) is 13.8 Å². The third kappa shape index (κ3) is 3.60. The Morgan fingerprint density at radius 1 is 1.44 bits per heavy atom. The standard InChI is InChI=1S/C12H22N2O4/c1-8(10(15)16)9-5-14(6-9)11(17)13(4)7-12(2,3)18/h8-9,18H,5-7H2,1-4H3,(H,15,16). The molecule has 2 N–H and O–H groups in total. The summed E-state index contributed by atoms with van der Waals surface area (Å²) >= 11 is 0. The van der Waals surface area contributed by atoms with Crippen molar-refractivity contribution in [3.05, 3.63) is 0 Å². The maximum absolute atomic E-state index is 11.9. The van der Waals surface area contributed by atoms with Crippen LogP contribution in [0.2, 0.25) is 0 Å². The van der Waals surface area contributed by atoms with Gasteiger partial charge in [-0.2, -0.15) is 0 Å². The topological polar surface area (TPSA) is 81.1 Å². The first-order chi connectivity index (χ1) is 8.11. The summed E-state index contributed by atoms with van der Waals surface area (Å²) in [6.07, 6.45) is 0. The van der Waals surface area contributed by atoms with Crippen molar-refractivity contribution in [3.63, 3.8) is 0 Å². The average Bonchev–Trinajstić information content (AvgIpc) is 2.11. The third-order valence-electron chi connectivity index (χ3n) is 3.23. The number of likely N-dealkylation sites (N-methyl/N-ethyl adjacent to an activating group) is 1. The highest BCUT2D eigenvalue weighted by Crippen LogP contribution is 2.25. The molecule has 1 atom stereocenters. The Hall–Kier alpha value is -1.30. The fraction of sp³-hybridized carbons (Fsp3) is 0.833. The normalized spacial score (nSPS) is 18.2. The van der Waals surface area contributed by atoms with E-state index in [0.29, 0.717) is 13.1 Å². The molecular formula is C12H22N2O4. The largest absolute Gasteiger partial charge is 0.481 e. The maximum Gasteiger partial charge on any atom is 0.319 e. The number of amides is 2. The van der Waals surface area contributed by atoms with E-state index in [0.717, 1.165) is 0 Å². The molecule has 0 aromatic heterocycles. The smallest absolute Gasteiger partial charge is 0.319 e. The molecule has 0 aliphatic carbocycles. The summed E-state index contributed by atoms with van der Waals surface area (Å²) in [7, 11) is 1.63.